The van der Waals surface area contributed by atoms with Crippen LogP contribution in [0.15, 0.2) is 65.5 Å². The van der Waals surface area contributed by atoms with Crippen molar-refractivity contribution in [1.29, 1.82) is 0 Å². The fraction of sp³-hybridized carbons (Fsp3) is 0.250. The molecule has 4 nitrogen and oxygen atoms in total. The van der Waals surface area contributed by atoms with Crippen molar-refractivity contribution < 1.29 is 4.74 Å². The van der Waals surface area contributed by atoms with Crippen LogP contribution in [0.1, 0.15) is 5.56 Å². The number of morpholine rings is 1. The first kappa shape index (κ1) is 15.0. The average molecular weight is 320 g/mol. The molecule has 2 aromatic carbocycles. The van der Waals surface area contributed by atoms with Gasteiger partial charge in [0.05, 0.1) is 18.7 Å². The molecule has 0 atom stereocenters. The second-order valence-electron chi connectivity index (χ2n) is 6.06. The predicted octanol–water partition coefficient (Wildman–Crippen LogP) is 2.89. The van der Waals surface area contributed by atoms with Gasteiger partial charge >= 0.3 is 0 Å². The van der Waals surface area contributed by atoms with Gasteiger partial charge in [-0.1, -0.05) is 42.5 Å². The van der Waals surface area contributed by atoms with Gasteiger partial charge in [0.2, 0.25) is 0 Å². The van der Waals surface area contributed by atoms with Gasteiger partial charge in [-0.3, -0.25) is 4.79 Å². The minimum Gasteiger partial charge on any atom is -0.378 e. The van der Waals surface area contributed by atoms with Gasteiger partial charge in [0.25, 0.3) is 0 Å². The van der Waals surface area contributed by atoms with E-state index in [0.29, 0.717) is 13.2 Å². The van der Waals surface area contributed by atoms with Crippen LogP contribution in [-0.2, 0) is 11.3 Å². The second kappa shape index (κ2) is 6.49. The molecule has 1 saturated heterocycles. The number of hydrogen-bond donors (Lipinski definition) is 0. The molecule has 4 heteroatoms. The van der Waals surface area contributed by atoms with Gasteiger partial charge in [0.1, 0.15) is 5.82 Å². The van der Waals surface area contributed by atoms with Crippen molar-refractivity contribution in [2.75, 3.05) is 31.2 Å². The Hall–Kier alpha value is -2.59. The highest BCUT2D eigenvalue weighted by molar-refractivity contribution is 5.81. The maximum atomic E-state index is 12.6. The van der Waals surface area contributed by atoms with Crippen molar-refractivity contribution in [1.82, 2.24) is 4.57 Å². The number of benzene rings is 2. The number of anilines is 1. The number of hydrogen-bond acceptors (Lipinski definition) is 3. The Labute approximate surface area is 140 Å². The maximum Gasteiger partial charge on any atom is 0.191 e. The van der Waals surface area contributed by atoms with Gasteiger partial charge in [-0.05, 0) is 17.7 Å². The lowest BCUT2D eigenvalue weighted by atomic mass is 10.1. The van der Waals surface area contributed by atoms with Crippen LogP contribution in [0.3, 0.4) is 0 Å². The average Bonchev–Trinajstić information content (AvgIpc) is 2.65. The van der Waals surface area contributed by atoms with Gasteiger partial charge in [-0.2, -0.15) is 0 Å². The van der Waals surface area contributed by atoms with E-state index in [9.17, 15) is 4.79 Å². The fourth-order valence-electron chi connectivity index (χ4n) is 3.30. The number of rotatable bonds is 3. The number of ether oxygens (including phenoxy) is 1. The van der Waals surface area contributed by atoms with Crippen LogP contribution in [0.25, 0.3) is 10.9 Å². The van der Waals surface area contributed by atoms with Crippen LogP contribution in [0.2, 0.25) is 0 Å². The Bertz CT molecular complexity index is 896. The molecule has 1 aliphatic heterocycles. The number of para-hydroxylation sites is 1. The quantitative estimate of drug-likeness (QED) is 0.744. The van der Waals surface area contributed by atoms with Crippen molar-refractivity contribution in [3.05, 3.63) is 76.5 Å². The fourth-order valence-corrected chi connectivity index (χ4v) is 3.30. The van der Waals surface area contributed by atoms with Gasteiger partial charge in [-0.15, -0.1) is 0 Å². The highest BCUT2D eigenvalue weighted by Gasteiger charge is 2.17. The van der Waals surface area contributed by atoms with Crippen molar-refractivity contribution in [3.8, 4) is 0 Å². The minimum absolute atomic E-state index is 0.0800. The summed E-state index contributed by atoms with van der Waals surface area (Å²) >= 11 is 0. The highest BCUT2D eigenvalue weighted by Crippen LogP contribution is 2.22. The van der Waals surface area contributed by atoms with Gasteiger partial charge < -0.3 is 14.2 Å². The molecule has 3 aromatic rings. The summed E-state index contributed by atoms with van der Waals surface area (Å²) in [5.41, 5.74) is 2.28. The molecule has 0 saturated carbocycles. The van der Waals surface area contributed by atoms with E-state index in [1.807, 2.05) is 30.3 Å². The molecule has 0 aliphatic carbocycles. The summed E-state index contributed by atoms with van der Waals surface area (Å²) in [7, 11) is 0. The second-order valence-corrected chi connectivity index (χ2v) is 6.06. The number of nitrogens with zero attached hydrogens (tertiary/aromatic N) is 2. The van der Waals surface area contributed by atoms with E-state index >= 15 is 0 Å². The Kier molecular flexibility index (Phi) is 4.05. The van der Waals surface area contributed by atoms with E-state index in [1.54, 1.807) is 6.07 Å². The maximum absolute atomic E-state index is 12.6. The number of aromatic nitrogens is 1. The molecule has 122 valence electrons. The van der Waals surface area contributed by atoms with E-state index in [2.05, 4.69) is 33.7 Å². The largest absolute Gasteiger partial charge is 0.378 e. The lowest BCUT2D eigenvalue weighted by Gasteiger charge is -2.31. The first-order valence-electron chi connectivity index (χ1n) is 8.32. The topological polar surface area (TPSA) is 34.5 Å². The van der Waals surface area contributed by atoms with Crippen molar-refractivity contribution in [3.63, 3.8) is 0 Å². The van der Waals surface area contributed by atoms with Gasteiger partial charge in [0, 0.05) is 31.1 Å². The Morgan fingerprint density at radius 2 is 1.62 bits per heavy atom. The summed E-state index contributed by atoms with van der Waals surface area (Å²) in [6.07, 6.45) is 0. The highest BCUT2D eigenvalue weighted by atomic mass is 16.5. The van der Waals surface area contributed by atoms with Crippen LogP contribution in [0.5, 0.6) is 0 Å². The molecule has 0 N–H and O–H groups in total. The molecular formula is C20H20N2O2. The first-order valence-corrected chi connectivity index (χ1v) is 8.32. The molecule has 0 radical (unpaired) electrons. The smallest absolute Gasteiger partial charge is 0.191 e. The molecule has 0 bridgehead atoms. The third kappa shape index (κ3) is 2.81. The molecule has 0 amide bonds. The molecule has 0 spiro atoms. The van der Waals surface area contributed by atoms with Crippen LogP contribution in [0.4, 0.5) is 5.82 Å². The first-order chi connectivity index (χ1) is 11.8. The van der Waals surface area contributed by atoms with E-state index in [-0.39, 0.29) is 5.43 Å². The summed E-state index contributed by atoms with van der Waals surface area (Å²) in [6.45, 7) is 3.77. The minimum atomic E-state index is 0.0800. The lowest BCUT2D eigenvalue weighted by molar-refractivity contribution is 0.122. The summed E-state index contributed by atoms with van der Waals surface area (Å²) in [4.78, 5) is 14.8. The molecule has 0 unspecified atom stereocenters. The zero-order valence-corrected chi connectivity index (χ0v) is 13.5. The van der Waals surface area contributed by atoms with Crippen LogP contribution >= 0.6 is 0 Å². The summed E-state index contributed by atoms with van der Waals surface area (Å²) in [6, 6.07) is 20.0. The van der Waals surface area contributed by atoms with E-state index in [0.717, 1.165) is 36.4 Å². The molecule has 24 heavy (non-hydrogen) atoms. The van der Waals surface area contributed by atoms with Crippen LogP contribution in [-0.4, -0.2) is 30.9 Å². The molecule has 1 aliphatic rings. The van der Waals surface area contributed by atoms with E-state index < -0.39 is 0 Å². The molecule has 2 heterocycles. The molecule has 4 rings (SSSR count). The zero-order chi connectivity index (χ0) is 16.4. The predicted molar refractivity (Wildman–Crippen MR) is 96.8 cm³/mol. The van der Waals surface area contributed by atoms with Gasteiger partial charge in [0.15, 0.2) is 5.43 Å². The zero-order valence-electron chi connectivity index (χ0n) is 13.5. The van der Waals surface area contributed by atoms with Gasteiger partial charge in [-0.25, -0.2) is 0 Å². The third-order valence-corrected chi connectivity index (χ3v) is 4.52. The summed E-state index contributed by atoms with van der Waals surface area (Å²) in [5.74, 6) is 0.978. The van der Waals surface area contributed by atoms with E-state index in [4.69, 9.17) is 4.74 Å². The van der Waals surface area contributed by atoms with Crippen LogP contribution < -0.4 is 10.3 Å². The third-order valence-electron chi connectivity index (χ3n) is 4.52. The standard InChI is InChI=1S/C20H20N2O2/c23-19-14-20(21-10-12-24-13-11-21)22(15-16-6-2-1-3-7-16)18-9-5-4-8-17(18)19/h1-9,14H,10-13,15H2. The van der Waals surface area contributed by atoms with Crippen molar-refractivity contribution in [2.45, 2.75) is 6.54 Å². The summed E-state index contributed by atoms with van der Waals surface area (Å²) < 4.78 is 7.72. The number of fused-ring (bicyclic) bond motifs is 1. The summed E-state index contributed by atoms with van der Waals surface area (Å²) in [5, 5.41) is 0.769. The number of pyridine rings is 1. The van der Waals surface area contributed by atoms with Crippen LogP contribution in [0, 0.1) is 0 Å². The molecular weight excluding hydrogens is 300 g/mol. The van der Waals surface area contributed by atoms with Crippen molar-refractivity contribution in [2.24, 2.45) is 0 Å². The molecule has 1 aromatic heterocycles. The SMILES string of the molecule is O=c1cc(N2CCOCC2)n(Cc2ccccc2)c2ccccc12. The lowest BCUT2D eigenvalue weighted by Crippen LogP contribution is -2.38. The van der Waals surface area contributed by atoms with E-state index in [1.165, 1.54) is 5.56 Å². The molecule has 1 fully saturated rings. The Morgan fingerprint density at radius 3 is 2.42 bits per heavy atom. The monoisotopic (exact) mass is 320 g/mol. The Morgan fingerprint density at radius 1 is 0.917 bits per heavy atom. The normalized spacial score (nSPS) is 14.9. The van der Waals surface area contributed by atoms with Crippen molar-refractivity contribution >= 4 is 16.7 Å². The Balaban J connectivity index is 1.89.